The number of carbonyl (C=O) groups excluding carboxylic acids is 1. The lowest BCUT2D eigenvalue weighted by Crippen LogP contribution is -2.35. The summed E-state index contributed by atoms with van der Waals surface area (Å²) in [5.41, 5.74) is 2.06. The Morgan fingerprint density at radius 2 is 2.15 bits per heavy atom. The third kappa shape index (κ3) is 3.14. The second-order valence-corrected chi connectivity index (χ2v) is 4.67. The van der Waals surface area contributed by atoms with E-state index in [1.54, 1.807) is 16.8 Å². The number of nitrogens with zero attached hydrogens (tertiary/aromatic N) is 4. The van der Waals surface area contributed by atoms with E-state index in [1.165, 1.54) is 0 Å². The molecule has 6 nitrogen and oxygen atoms in total. The smallest absolute Gasteiger partial charge is 0.270 e. The van der Waals surface area contributed by atoms with E-state index in [1.807, 2.05) is 13.0 Å². The van der Waals surface area contributed by atoms with Gasteiger partial charge in [-0.2, -0.15) is 5.10 Å². The fraction of sp³-hybridized carbons (Fsp3) is 0.500. The van der Waals surface area contributed by atoms with Crippen molar-refractivity contribution in [1.82, 2.24) is 24.8 Å². The van der Waals surface area contributed by atoms with Crippen LogP contribution < -0.4 is 5.32 Å². The Morgan fingerprint density at radius 1 is 1.40 bits per heavy atom. The second kappa shape index (κ2) is 6.47. The zero-order chi connectivity index (χ0) is 14.5. The lowest BCUT2D eigenvalue weighted by Gasteiger charge is -2.17. The van der Waals surface area contributed by atoms with E-state index in [4.69, 9.17) is 0 Å². The molecule has 0 atom stereocenters. The van der Waals surface area contributed by atoms with Crippen molar-refractivity contribution in [2.45, 2.75) is 20.8 Å². The molecule has 1 amide bonds. The molecule has 0 fully saturated rings. The van der Waals surface area contributed by atoms with Crippen LogP contribution in [0.15, 0.2) is 18.3 Å². The second-order valence-electron chi connectivity index (χ2n) is 4.67. The first-order chi connectivity index (χ1) is 9.65. The Hall–Kier alpha value is -1.95. The van der Waals surface area contributed by atoms with Gasteiger partial charge in [0, 0.05) is 25.4 Å². The summed E-state index contributed by atoms with van der Waals surface area (Å²) in [5, 5.41) is 7.22. The summed E-state index contributed by atoms with van der Waals surface area (Å²) >= 11 is 0. The molecular formula is C14H21N5O. The summed E-state index contributed by atoms with van der Waals surface area (Å²) in [6.45, 7) is 9.58. The van der Waals surface area contributed by atoms with Gasteiger partial charge < -0.3 is 10.2 Å². The normalized spacial score (nSPS) is 11.2. The molecule has 2 heterocycles. The van der Waals surface area contributed by atoms with Crippen molar-refractivity contribution in [3.05, 3.63) is 29.7 Å². The molecule has 1 N–H and O–H groups in total. The minimum absolute atomic E-state index is 0.118. The molecule has 0 aliphatic rings. The van der Waals surface area contributed by atoms with Gasteiger partial charge in [-0.05, 0) is 26.1 Å². The number of aromatic nitrogens is 3. The van der Waals surface area contributed by atoms with Gasteiger partial charge in [0.25, 0.3) is 5.91 Å². The van der Waals surface area contributed by atoms with E-state index in [2.05, 4.69) is 34.1 Å². The number of fused-ring (bicyclic) bond motifs is 1. The molecular weight excluding hydrogens is 254 g/mol. The van der Waals surface area contributed by atoms with Crippen molar-refractivity contribution in [3.8, 4) is 0 Å². The average Bonchev–Trinajstić information content (AvgIpc) is 2.83. The van der Waals surface area contributed by atoms with Gasteiger partial charge >= 0.3 is 0 Å². The molecule has 0 saturated heterocycles. The third-order valence-electron chi connectivity index (χ3n) is 3.32. The predicted molar refractivity (Wildman–Crippen MR) is 77.8 cm³/mol. The highest BCUT2D eigenvalue weighted by atomic mass is 16.2. The molecule has 2 aromatic heterocycles. The maximum Gasteiger partial charge on any atom is 0.270 e. The van der Waals surface area contributed by atoms with Gasteiger partial charge in [0.2, 0.25) is 0 Å². The van der Waals surface area contributed by atoms with E-state index < -0.39 is 0 Å². The molecule has 0 bridgehead atoms. The van der Waals surface area contributed by atoms with Crippen LogP contribution in [0.2, 0.25) is 0 Å². The van der Waals surface area contributed by atoms with Gasteiger partial charge in [0.15, 0.2) is 5.65 Å². The van der Waals surface area contributed by atoms with Gasteiger partial charge in [0.05, 0.1) is 5.69 Å². The lowest BCUT2D eigenvalue weighted by molar-refractivity contribution is 0.0941. The first kappa shape index (κ1) is 14.5. The molecule has 0 aromatic carbocycles. The fourth-order valence-corrected chi connectivity index (χ4v) is 2.14. The van der Waals surface area contributed by atoms with Gasteiger partial charge in [-0.1, -0.05) is 13.8 Å². The molecule has 20 heavy (non-hydrogen) atoms. The summed E-state index contributed by atoms with van der Waals surface area (Å²) in [6.07, 6.45) is 1.63. The summed E-state index contributed by atoms with van der Waals surface area (Å²) in [5.74, 6) is -0.118. The molecule has 2 rings (SSSR count). The number of carbonyl (C=O) groups is 1. The largest absolute Gasteiger partial charge is 0.349 e. The zero-order valence-corrected chi connectivity index (χ0v) is 12.3. The minimum atomic E-state index is -0.118. The summed E-state index contributed by atoms with van der Waals surface area (Å²) in [6, 6.07) is 3.54. The highest BCUT2D eigenvalue weighted by Crippen LogP contribution is 2.06. The zero-order valence-electron chi connectivity index (χ0n) is 12.3. The Kier molecular flexibility index (Phi) is 4.68. The standard InChI is InChI=1S/C14H21N5O/c1-4-18(5-2)9-8-16-14(20)12-6-7-15-13-10-11(3)17-19(12)13/h6-7,10H,4-5,8-9H2,1-3H3,(H,16,20). The van der Waals surface area contributed by atoms with E-state index in [-0.39, 0.29) is 5.91 Å². The Morgan fingerprint density at radius 3 is 2.85 bits per heavy atom. The van der Waals surface area contributed by atoms with E-state index in [9.17, 15) is 4.79 Å². The van der Waals surface area contributed by atoms with Crippen LogP contribution in [0.1, 0.15) is 30.0 Å². The van der Waals surface area contributed by atoms with Crippen molar-refractivity contribution in [2.75, 3.05) is 26.2 Å². The topological polar surface area (TPSA) is 62.5 Å². The van der Waals surface area contributed by atoms with Gasteiger partial charge in [0.1, 0.15) is 5.69 Å². The average molecular weight is 275 g/mol. The summed E-state index contributed by atoms with van der Waals surface area (Å²) in [7, 11) is 0. The Labute approximate surface area is 118 Å². The quantitative estimate of drug-likeness (QED) is 0.858. The van der Waals surface area contributed by atoms with Crippen LogP contribution in [-0.4, -0.2) is 51.6 Å². The van der Waals surface area contributed by atoms with Crippen molar-refractivity contribution >= 4 is 11.6 Å². The van der Waals surface area contributed by atoms with Crippen molar-refractivity contribution < 1.29 is 4.79 Å². The number of rotatable bonds is 6. The molecule has 0 aliphatic carbocycles. The SMILES string of the molecule is CCN(CC)CCNC(=O)c1ccnc2cc(C)nn12. The van der Waals surface area contributed by atoms with Crippen LogP contribution in [0.5, 0.6) is 0 Å². The highest BCUT2D eigenvalue weighted by molar-refractivity contribution is 5.92. The number of hydrogen-bond acceptors (Lipinski definition) is 4. The number of nitrogens with one attached hydrogen (secondary N) is 1. The van der Waals surface area contributed by atoms with E-state index in [0.29, 0.717) is 17.9 Å². The third-order valence-corrected chi connectivity index (χ3v) is 3.32. The van der Waals surface area contributed by atoms with Crippen molar-refractivity contribution in [3.63, 3.8) is 0 Å². The number of hydrogen-bond donors (Lipinski definition) is 1. The molecule has 0 unspecified atom stereocenters. The molecule has 0 spiro atoms. The monoisotopic (exact) mass is 275 g/mol. The van der Waals surface area contributed by atoms with Gasteiger partial charge in [-0.15, -0.1) is 0 Å². The molecule has 2 aromatic rings. The molecule has 0 aliphatic heterocycles. The molecule has 0 radical (unpaired) electrons. The Balaban J connectivity index is 2.04. The predicted octanol–water partition coefficient (Wildman–Crippen LogP) is 1.11. The summed E-state index contributed by atoms with van der Waals surface area (Å²) < 4.78 is 1.59. The maximum atomic E-state index is 12.2. The van der Waals surface area contributed by atoms with Crippen LogP contribution in [0.25, 0.3) is 5.65 Å². The van der Waals surface area contributed by atoms with Crippen LogP contribution in [0, 0.1) is 6.92 Å². The van der Waals surface area contributed by atoms with Crippen molar-refractivity contribution in [1.29, 1.82) is 0 Å². The van der Waals surface area contributed by atoms with Gasteiger partial charge in [-0.3, -0.25) is 4.79 Å². The maximum absolute atomic E-state index is 12.2. The van der Waals surface area contributed by atoms with E-state index in [0.717, 1.165) is 25.3 Å². The van der Waals surface area contributed by atoms with Gasteiger partial charge in [-0.25, -0.2) is 9.50 Å². The highest BCUT2D eigenvalue weighted by Gasteiger charge is 2.12. The number of aryl methyl sites for hydroxylation is 1. The van der Waals surface area contributed by atoms with Crippen LogP contribution in [0.4, 0.5) is 0 Å². The summed E-state index contributed by atoms with van der Waals surface area (Å²) in [4.78, 5) is 18.7. The van der Waals surface area contributed by atoms with Crippen LogP contribution in [-0.2, 0) is 0 Å². The number of amides is 1. The molecule has 108 valence electrons. The minimum Gasteiger partial charge on any atom is -0.349 e. The molecule has 0 saturated carbocycles. The van der Waals surface area contributed by atoms with Crippen LogP contribution in [0.3, 0.4) is 0 Å². The first-order valence-electron chi connectivity index (χ1n) is 6.97. The number of likely N-dealkylation sites (N-methyl/N-ethyl adjacent to an activating group) is 1. The van der Waals surface area contributed by atoms with Crippen LogP contribution >= 0.6 is 0 Å². The first-order valence-corrected chi connectivity index (χ1v) is 6.97. The fourth-order valence-electron chi connectivity index (χ4n) is 2.14. The Bertz CT molecular complexity index is 588. The molecule has 6 heteroatoms. The van der Waals surface area contributed by atoms with E-state index >= 15 is 0 Å². The van der Waals surface area contributed by atoms with Crippen molar-refractivity contribution in [2.24, 2.45) is 0 Å². The lowest BCUT2D eigenvalue weighted by atomic mass is 10.3.